The van der Waals surface area contributed by atoms with Crippen LogP contribution in [0.1, 0.15) is 5.69 Å². The summed E-state index contributed by atoms with van der Waals surface area (Å²) in [5, 5.41) is 3.31. The molecule has 2 heterocycles. The molecule has 1 N–H and O–H groups in total. The minimum Gasteiger partial charge on any atom is -0.301 e. The quantitative estimate of drug-likeness (QED) is 0.796. The number of nitrogens with one attached hydrogen (secondary N) is 1. The topological polar surface area (TPSA) is 42.0 Å². The van der Waals surface area contributed by atoms with Gasteiger partial charge in [0.1, 0.15) is 5.88 Å². The van der Waals surface area contributed by atoms with Gasteiger partial charge in [-0.1, -0.05) is 11.3 Å². The number of carbonyl (C=O) groups excluding carboxylic acids is 1. The van der Waals surface area contributed by atoms with Crippen LogP contribution in [-0.4, -0.2) is 22.5 Å². The second kappa shape index (κ2) is 3.86. The van der Waals surface area contributed by atoms with Crippen molar-refractivity contribution in [3.63, 3.8) is 0 Å². The Balaban J connectivity index is 2.10. The number of alkyl halides is 1. The Morgan fingerprint density at radius 2 is 2.54 bits per heavy atom. The fourth-order valence-corrected chi connectivity index (χ4v) is 3.40. The SMILES string of the molecule is O=C(CCl)Nc1nc2c(s1)SCC2. The van der Waals surface area contributed by atoms with Crippen molar-refractivity contribution in [2.24, 2.45) is 0 Å². The number of rotatable bonds is 2. The van der Waals surface area contributed by atoms with Gasteiger partial charge < -0.3 is 5.32 Å². The van der Waals surface area contributed by atoms with Crippen LogP contribution in [0.25, 0.3) is 0 Å². The van der Waals surface area contributed by atoms with Gasteiger partial charge in [0.2, 0.25) is 5.91 Å². The molecule has 1 aliphatic heterocycles. The van der Waals surface area contributed by atoms with E-state index >= 15 is 0 Å². The standard InChI is InChI=1S/C7H7ClN2OS2/c8-3-5(11)10-7-9-4-1-2-12-6(4)13-7/h1-3H2,(H,9,10,11). The highest BCUT2D eigenvalue weighted by atomic mass is 35.5. The fourth-order valence-electron chi connectivity index (χ4n) is 1.06. The van der Waals surface area contributed by atoms with Crippen LogP contribution in [0.5, 0.6) is 0 Å². The Labute approximate surface area is 88.9 Å². The molecule has 0 fully saturated rings. The predicted octanol–water partition coefficient (Wildman–Crippen LogP) is 1.97. The Morgan fingerprint density at radius 1 is 1.69 bits per heavy atom. The highest BCUT2D eigenvalue weighted by Crippen LogP contribution is 2.38. The lowest BCUT2D eigenvalue weighted by Crippen LogP contribution is -2.12. The van der Waals surface area contributed by atoms with Gasteiger partial charge in [-0.3, -0.25) is 4.79 Å². The first-order chi connectivity index (χ1) is 6.29. The third-order valence-electron chi connectivity index (χ3n) is 1.60. The van der Waals surface area contributed by atoms with Crippen molar-refractivity contribution in [3.8, 4) is 0 Å². The number of halogens is 1. The van der Waals surface area contributed by atoms with Gasteiger partial charge in [0.25, 0.3) is 0 Å². The van der Waals surface area contributed by atoms with Gasteiger partial charge >= 0.3 is 0 Å². The second-order valence-corrected chi connectivity index (χ2v) is 5.16. The van der Waals surface area contributed by atoms with Crippen molar-refractivity contribution < 1.29 is 4.79 Å². The maximum absolute atomic E-state index is 10.9. The van der Waals surface area contributed by atoms with Crippen molar-refractivity contribution in [2.75, 3.05) is 16.9 Å². The molecule has 0 spiro atoms. The molecular weight excluding hydrogens is 228 g/mol. The lowest BCUT2D eigenvalue weighted by Gasteiger charge is -1.95. The van der Waals surface area contributed by atoms with Gasteiger partial charge in [0, 0.05) is 12.2 Å². The summed E-state index contributed by atoms with van der Waals surface area (Å²) < 4.78 is 1.23. The summed E-state index contributed by atoms with van der Waals surface area (Å²) in [6.45, 7) is 0. The average Bonchev–Trinajstić information content (AvgIpc) is 2.63. The van der Waals surface area contributed by atoms with E-state index in [0.717, 1.165) is 17.9 Å². The van der Waals surface area contributed by atoms with Crippen molar-refractivity contribution >= 4 is 45.7 Å². The van der Waals surface area contributed by atoms with Crippen molar-refractivity contribution in [1.82, 2.24) is 4.98 Å². The predicted molar refractivity (Wildman–Crippen MR) is 55.9 cm³/mol. The number of hydrogen-bond donors (Lipinski definition) is 1. The molecule has 13 heavy (non-hydrogen) atoms. The largest absolute Gasteiger partial charge is 0.301 e. The number of carbonyl (C=O) groups is 1. The monoisotopic (exact) mass is 234 g/mol. The Kier molecular flexibility index (Phi) is 2.76. The minimum absolute atomic E-state index is 0.0165. The molecule has 0 aliphatic carbocycles. The van der Waals surface area contributed by atoms with Crippen LogP contribution >= 0.6 is 34.7 Å². The molecule has 0 bridgehead atoms. The van der Waals surface area contributed by atoms with Crippen LogP contribution in [0, 0.1) is 0 Å². The van der Waals surface area contributed by atoms with Crippen molar-refractivity contribution in [3.05, 3.63) is 5.69 Å². The van der Waals surface area contributed by atoms with E-state index < -0.39 is 0 Å². The van der Waals surface area contributed by atoms with Crippen molar-refractivity contribution in [1.29, 1.82) is 0 Å². The Hall–Kier alpha value is -0.260. The number of anilines is 1. The maximum Gasteiger partial charge on any atom is 0.241 e. The summed E-state index contributed by atoms with van der Waals surface area (Å²) in [5.74, 6) is 0.897. The molecule has 70 valence electrons. The smallest absolute Gasteiger partial charge is 0.241 e. The summed E-state index contributed by atoms with van der Waals surface area (Å²) in [7, 11) is 0. The fraction of sp³-hybridized carbons (Fsp3) is 0.429. The molecule has 1 amide bonds. The molecule has 0 atom stereocenters. The van der Waals surface area contributed by atoms with Gasteiger partial charge in [-0.05, 0) is 0 Å². The number of nitrogens with zero attached hydrogens (tertiary/aromatic N) is 1. The van der Waals surface area contributed by atoms with Gasteiger partial charge in [0.05, 0.1) is 9.90 Å². The average molecular weight is 235 g/mol. The van der Waals surface area contributed by atoms with E-state index in [4.69, 9.17) is 11.6 Å². The van der Waals surface area contributed by atoms with E-state index in [1.54, 1.807) is 11.8 Å². The number of thiazole rings is 1. The first kappa shape index (κ1) is 9.30. The zero-order chi connectivity index (χ0) is 9.26. The second-order valence-electron chi connectivity index (χ2n) is 2.53. The Bertz CT molecular complexity index is 318. The molecule has 1 aliphatic rings. The highest BCUT2D eigenvalue weighted by Gasteiger charge is 2.17. The lowest BCUT2D eigenvalue weighted by atomic mass is 10.4. The molecule has 6 heteroatoms. The van der Waals surface area contributed by atoms with Crippen LogP contribution in [0.3, 0.4) is 0 Å². The molecule has 0 unspecified atom stereocenters. The first-order valence-electron chi connectivity index (χ1n) is 3.78. The summed E-state index contributed by atoms with van der Waals surface area (Å²) >= 11 is 8.68. The minimum atomic E-state index is -0.195. The number of fused-ring (bicyclic) bond motifs is 1. The van der Waals surface area contributed by atoms with Crippen LogP contribution in [0.15, 0.2) is 4.21 Å². The molecule has 0 aromatic carbocycles. The van der Waals surface area contributed by atoms with Gasteiger partial charge in [-0.15, -0.1) is 23.4 Å². The number of hydrogen-bond acceptors (Lipinski definition) is 4. The third kappa shape index (κ3) is 1.98. The van der Waals surface area contributed by atoms with Crippen LogP contribution < -0.4 is 5.32 Å². The molecular formula is C7H7ClN2OS2. The lowest BCUT2D eigenvalue weighted by molar-refractivity contribution is -0.113. The first-order valence-corrected chi connectivity index (χ1v) is 6.11. The van der Waals surface area contributed by atoms with Gasteiger partial charge in [-0.2, -0.15) is 0 Å². The number of aryl methyl sites for hydroxylation is 1. The number of aromatic nitrogens is 1. The summed E-state index contributed by atoms with van der Waals surface area (Å²) in [4.78, 5) is 15.2. The van der Waals surface area contributed by atoms with E-state index in [0.29, 0.717) is 5.13 Å². The van der Waals surface area contributed by atoms with E-state index in [2.05, 4.69) is 10.3 Å². The number of thioether (sulfide) groups is 1. The van der Waals surface area contributed by atoms with Gasteiger partial charge in [0.15, 0.2) is 5.13 Å². The zero-order valence-corrected chi connectivity index (χ0v) is 9.06. The van der Waals surface area contributed by atoms with Crippen LogP contribution in [0.4, 0.5) is 5.13 Å². The summed E-state index contributed by atoms with van der Waals surface area (Å²) in [6.07, 6.45) is 1.01. The molecule has 0 radical (unpaired) electrons. The van der Waals surface area contributed by atoms with E-state index in [-0.39, 0.29) is 11.8 Å². The third-order valence-corrected chi connectivity index (χ3v) is 4.16. The van der Waals surface area contributed by atoms with E-state index in [1.807, 2.05) is 0 Å². The molecule has 1 aromatic rings. The number of amides is 1. The molecule has 0 saturated heterocycles. The van der Waals surface area contributed by atoms with Crippen molar-refractivity contribution in [2.45, 2.75) is 10.6 Å². The van der Waals surface area contributed by atoms with Crippen LogP contribution in [-0.2, 0) is 11.2 Å². The summed E-state index contributed by atoms with van der Waals surface area (Å²) in [5.41, 5.74) is 1.11. The van der Waals surface area contributed by atoms with Crippen LogP contribution in [0.2, 0.25) is 0 Å². The molecule has 2 rings (SSSR count). The highest BCUT2D eigenvalue weighted by molar-refractivity contribution is 8.01. The zero-order valence-electron chi connectivity index (χ0n) is 6.67. The normalized spacial score (nSPS) is 14.2. The van der Waals surface area contributed by atoms with E-state index in [9.17, 15) is 4.79 Å². The summed E-state index contributed by atoms with van der Waals surface area (Å²) in [6, 6.07) is 0. The van der Waals surface area contributed by atoms with Gasteiger partial charge in [-0.25, -0.2) is 4.98 Å². The van der Waals surface area contributed by atoms with E-state index in [1.165, 1.54) is 15.5 Å². The molecule has 3 nitrogen and oxygen atoms in total. The molecule has 1 aromatic heterocycles. The Morgan fingerprint density at radius 3 is 3.23 bits per heavy atom. The molecule has 0 saturated carbocycles. The maximum atomic E-state index is 10.9.